The van der Waals surface area contributed by atoms with Crippen molar-refractivity contribution in [1.82, 2.24) is 24.6 Å². The van der Waals surface area contributed by atoms with Gasteiger partial charge in [-0.25, -0.2) is 4.98 Å². The molecule has 0 spiro atoms. The molecule has 4 aromatic rings. The summed E-state index contributed by atoms with van der Waals surface area (Å²) in [6, 6.07) is 11.1. The van der Waals surface area contributed by atoms with Crippen LogP contribution in [0, 0.1) is 0 Å². The molecule has 1 aliphatic heterocycles. The largest absolute Gasteiger partial charge is 0.461 e. The van der Waals surface area contributed by atoms with E-state index in [1.54, 1.807) is 11.2 Å². The zero-order chi connectivity index (χ0) is 21.9. The van der Waals surface area contributed by atoms with Gasteiger partial charge in [-0.1, -0.05) is 29.4 Å². The van der Waals surface area contributed by atoms with Crippen LogP contribution < -0.4 is 0 Å². The van der Waals surface area contributed by atoms with Gasteiger partial charge in [0, 0.05) is 23.5 Å². The number of thioether (sulfide) groups is 1. The first kappa shape index (κ1) is 21.2. The predicted octanol–water partition coefficient (Wildman–Crippen LogP) is 4.40. The molecular weight excluding hydrogens is 470 g/mol. The van der Waals surface area contributed by atoms with Gasteiger partial charge in [0.1, 0.15) is 10.7 Å². The van der Waals surface area contributed by atoms with E-state index in [0.717, 1.165) is 10.7 Å². The number of carbonyl (C=O) groups excluding carboxylic acids is 1. The summed E-state index contributed by atoms with van der Waals surface area (Å²) in [5.41, 5.74) is 1.30. The average Bonchev–Trinajstić information content (AvgIpc) is 3.58. The number of thiazole rings is 1. The fraction of sp³-hybridized carbons (Fsp3) is 0.238. The Morgan fingerprint density at radius 3 is 2.84 bits per heavy atom. The molecule has 1 aliphatic rings. The minimum absolute atomic E-state index is 0.0528. The van der Waals surface area contributed by atoms with E-state index in [2.05, 4.69) is 15.2 Å². The van der Waals surface area contributed by atoms with Gasteiger partial charge in [-0.3, -0.25) is 9.36 Å². The van der Waals surface area contributed by atoms with Gasteiger partial charge >= 0.3 is 0 Å². The molecule has 0 aliphatic carbocycles. The number of halogens is 1. The van der Waals surface area contributed by atoms with E-state index in [1.165, 1.54) is 23.1 Å². The average molecular weight is 488 g/mol. The van der Waals surface area contributed by atoms with Crippen LogP contribution in [0.4, 0.5) is 0 Å². The van der Waals surface area contributed by atoms with Crippen molar-refractivity contribution in [3.05, 3.63) is 63.8 Å². The molecule has 3 aromatic heterocycles. The number of hydrogen-bond acceptors (Lipinski definition) is 8. The number of furan rings is 1. The van der Waals surface area contributed by atoms with Gasteiger partial charge in [0.05, 0.1) is 30.9 Å². The van der Waals surface area contributed by atoms with Crippen molar-refractivity contribution in [3.8, 4) is 17.3 Å². The van der Waals surface area contributed by atoms with Gasteiger partial charge in [-0.2, -0.15) is 0 Å². The van der Waals surface area contributed by atoms with Gasteiger partial charge in [0.15, 0.2) is 10.9 Å². The van der Waals surface area contributed by atoms with Gasteiger partial charge in [0.25, 0.3) is 5.91 Å². The lowest BCUT2D eigenvalue weighted by Crippen LogP contribution is -2.40. The molecule has 4 heterocycles. The van der Waals surface area contributed by atoms with Crippen LogP contribution in [0.15, 0.2) is 57.6 Å². The molecule has 32 heavy (non-hydrogen) atoms. The highest BCUT2D eigenvalue weighted by Gasteiger charge is 2.22. The van der Waals surface area contributed by atoms with Crippen molar-refractivity contribution in [3.63, 3.8) is 0 Å². The second-order valence-corrected chi connectivity index (χ2v) is 9.24. The zero-order valence-corrected chi connectivity index (χ0v) is 19.2. The van der Waals surface area contributed by atoms with Crippen LogP contribution in [-0.2, 0) is 10.5 Å². The minimum Gasteiger partial charge on any atom is -0.461 e. The number of nitrogens with zero attached hydrogens (tertiary/aromatic N) is 5. The molecule has 0 unspecified atom stereocenters. The molecule has 0 radical (unpaired) electrons. The molecule has 1 fully saturated rings. The van der Waals surface area contributed by atoms with Crippen molar-refractivity contribution < 1.29 is 13.9 Å². The van der Waals surface area contributed by atoms with Gasteiger partial charge in [-0.05, 0) is 30.3 Å². The maximum Gasteiger partial charge on any atom is 0.273 e. The van der Waals surface area contributed by atoms with Crippen LogP contribution in [0.25, 0.3) is 17.3 Å². The number of hydrogen-bond donors (Lipinski definition) is 0. The minimum atomic E-state index is -0.0528. The molecule has 0 bridgehead atoms. The summed E-state index contributed by atoms with van der Waals surface area (Å²) in [7, 11) is 0. The summed E-state index contributed by atoms with van der Waals surface area (Å²) in [5.74, 6) is 1.69. The number of rotatable bonds is 6. The Morgan fingerprint density at radius 2 is 2.06 bits per heavy atom. The first-order valence-electron chi connectivity index (χ1n) is 9.88. The summed E-state index contributed by atoms with van der Waals surface area (Å²) in [6.45, 7) is 2.32. The Labute approximate surface area is 197 Å². The Bertz CT molecular complexity index is 1220. The second-order valence-electron chi connectivity index (χ2n) is 6.92. The summed E-state index contributed by atoms with van der Waals surface area (Å²) in [4.78, 5) is 19.0. The molecule has 0 atom stereocenters. The third-order valence-electron chi connectivity index (χ3n) is 4.84. The van der Waals surface area contributed by atoms with E-state index < -0.39 is 0 Å². The van der Waals surface area contributed by atoms with Crippen molar-refractivity contribution in [2.75, 3.05) is 26.3 Å². The SMILES string of the molecule is O=C(c1csc(CSc2nnc(-c3ccco3)n2-c2cccc(Cl)c2)n1)N1CCOCC1. The van der Waals surface area contributed by atoms with E-state index in [9.17, 15) is 4.79 Å². The Morgan fingerprint density at radius 1 is 1.19 bits per heavy atom. The normalized spacial score (nSPS) is 14.1. The van der Waals surface area contributed by atoms with Crippen LogP contribution in [0.3, 0.4) is 0 Å². The molecular formula is C21H18ClN5O3S2. The molecule has 1 amide bonds. The lowest BCUT2D eigenvalue weighted by atomic mass is 10.3. The third-order valence-corrected chi connectivity index (χ3v) is 7.04. The second kappa shape index (κ2) is 9.45. The maximum absolute atomic E-state index is 12.7. The van der Waals surface area contributed by atoms with Crippen LogP contribution in [-0.4, -0.2) is 56.9 Å². The first-order chi connectivity index (χ1) is 15.7. The number of benzene rings is 1. The number of amides is 1. The zero-order valence-electron chi connectivity index (χ0n) is 16.8. The molecule has 11 heteroatoms. The lowest BCUT2D eigenvalue weighted by Gasteiger charge is -2.25. The van der Waals surface area contributed by atoms with Gasteiger partial charge in [-0.15, -0.1) is 21.5 Å². The highest BCUT2D eigenvalue weighted by atomic mass is 35.5. The van der Waals surface area contributed by atoms with Crippen LogP contribution in [0.1, 0.15) is 15.5 Å². The topological polar surface area (TPSA) is 86.3 Å². The highest BCUT2D eigenvalue weighted by Crippen LogP contribution is 2.31. The van der Waals surface area contributed by atoms with E-state index in [0.29, 0.717) is 59.5 Å². The standard InChI is InChI=1S/C21H18ClN5O3S2/c22-14-3-1-4-15(11-14)27-19(17-5-2-8-30-17)24-25-21(27)32-13-18-23-16(12-31-18)20(28)26-6-9-29-10-7-26/h1-5,8,11-12H,6-7,9-10,13H2. The molecule has 0 saturated carbocycles. The monoisotopic (exact) mass is 487 g/mol. The summed E-state index contributed by atoms with van der Waals surface area (Å²) in [5, 5.41) is 12.6. The number of carbonyl (C=O) groups is 1. The van der Waals surface area contributed by atoms with E-state index in [-0.39, 0.29) is 5.91 Å². The molecule has 164 valence electrons. The van der Waals surface area contributed by atoms with Crippen molar-refractivity contribution in [2.24, 2.45) is 0 Å². The Balaban J connectivity index is 1.37. The van der Waals surface area contributed by atoms with Crippen LogP contribution >= 0.6 is 34.7 Å². The Hall–Kier alpha value is -2.66. The first-order valence-corrected chi connectivity index (χ1v) is 12.1. The summed E-state index contributed by atoms with van der Waals surface area (Å²) in [6.07, 6.45) is 1.60. The van der Waals surface area contributed by atoms with Gasteiger partial charge < -0.3 is 14.1 Å². The van der Waals surface area contributed by atoms with Crippen molar-refractivity contribution >= 4 is 40.6 Å². The van der Waals surface area contributed by atoms with Crippen molar-refractivity contribution in [1.29, 1.82) is 0 Å². The quantitative estimate of drug-likeness (QED) is 0.372. The third kappa shape index (κ3) is 4.44. The highest BCUT2D eigenvalue weighted by molar-refractivity contribution is 7.98. The number of morpholine rings is 1. The summed E-state index contributed by atoms with van der Waals surface area (Å²) < 4.78 is 12.8. The van der Waals surface area contributed by atoms with E-state index in [4.69, 9.17) is 20.8 Å². The smallest absolute Gasteiger partial charge is 0.273 e. The van der Waals surface area contributed by atoms with Crippen LogP contribution in [0.2, 0.25) is 5.02 Å². The van der Waals surface area contributed by atoms with E-state index in [1.807, 2.05) is 46.3 Å². The molecule has 0 N–H and O–H groups in total. The Kier molecular flexibility index (Phi) is 6.26. The fourth-order valence-corrected chi connectivity index (χ4v) is 5.23. The van der Waals surface area contributed by atoms with E-state index >= 15 is 0 Å². The fourth-order valence-electron chi connectivity index (χ4n) is 3.31. The lowest BCUT2D eigenvalue weighted by molar-refractivity contribution is 0.0299. The summed E-state index contributed by atoms with van der Waals surface area (Å²) >= 11 is 9.17. The number of ether oxygens (including phenoxy) is 1. The molecule has 5 rings (SSSR count). The molecule has 1 saturated heterocycles. The molecule has 1 aromatic carbocycles. The van der Waals surface area contributed by atoms with Crippen LogP contribution in [0.5, 0.6) is 0 Å². The van der Waals surface area contributed by atoms with Gasteiger partial charge in [0.2, 0.25) is 5.82 Å². The number of aromatic nitrogens is 4. The maximum atomic E-state index is 12.7. The van der Waals surface area contributed by atoms with Crippen molar-refractivity contribution in [2.45, 2.75) is 10.9 Å². The molecule has 8 nitrogen and oxygen atoms in total. The predicted molar refractivity (Wildman–Crippen MR) is 122 cm³/mol.